The van der Waals surface area contributed by atoms with Crippen molar-refractivity contribution in [2.45, 2.75) is 69.7 Å². The highest BCUT2D eigenvalue weighted by atomic mass is 16.3. The van der Waals surface area contributed by atoms with Crippen molar-refractivity contribution in [3.63, 3.8) is 0 Å². The standard InChI is InChI=1S/C34H38N2O4/c1-3-33(15-7-16-35-33)23-34(40,30-12-13-31(38)29(19-30)22-37)20-25-8-6-11-27(18-25)24(2)32(39)36-17-14-26-9-4-5-10-28(26)21-36/h4-13,15-16,18-19,24,37-38,40H,3,14,17,20-23H2,1-2H3. The Hall–Kier alpha value is -3.74. The molecular formula is C34H38N2O4. The average molecular weight is 539 g/mol. The van der Waals surface area contributed by atoms with Gasteiger partial charge < -0.3 is 20.2 Å². The number of aliphatic imine (C=N–C) groups is 1. The van der Waals surface area contributed by atoms with Crippen molar-refractivity contribution in [3.05, 3.63) is 112 Å². The maximum absolute atomic E-state index is 13.5. The van der Waals surface area contributed by atoms with E-state index in [1.165, 1.54) is 17.2 Å². The molecule has 0 radical (unpaired) electrons. The Morgan fingerprint density at radius 1 is 1.10 bits per heavy atom. The van der Waals surface area contributed by atoms with E-state index in [2.05, 4.69) is 24.0 Å². The van der Waals surface area contributed by atoms with E-state index in [0.717, 1.165) is 24.0 Å². The molecule has 6 heteroatoms. The van der Waals surface area contributed by atoms with Crippen molar-refractivity contribution in [2.75, 3.05) is 6.54 Å². The molecule has 1 amide bonds. The van der Waals surface area contributed by atoms with Crippen LogP contribution in [0.5, 0.6) is 5.75 Å². The van der Waals surface area contributed by atoms with Crippen LogP contribution in [0.3, 0.4) is 0 Å². The second kappa shape index (κ2) is 11.4. The zero-order valence-corrected chi connectivity index (χ0v) is 23.3. The number of aliphatic hydroxyl groups is 2. The van der Waals surface area contributed by atoms with Crippen molar-refractivity contribution in [1.82, 2.24) is 4.90 Å². The summed E-state index contributed by atoms with van der Waals surface area (Å²) in [4.78, 5) is 20.2. The van der Waals surface area contributed by atoms with E-state index in [1.807, 2.05) is 60.4 Å². The summed E-state index contributed by atoms with van der Waals surface area (Å²) in [5.41, 5.74) is 3.43. The summed E-state index contributed by atoms with van der Waals surface area (Å²) in [6, 6.07) is 21.1. The minimum atomic E-state index is -1.33. The van der Waals surface area contributed by atoms with E-state index < -0.39 is 11.1 Å². The molecule has 0 bridgehead atoms. The maximum Gasteiger partial charge on any atom is 0.230 e. The second-order valence-electron chi connectivity index (χ2n) is 11.2. The van der Waals surface area contributed by atoms with E-state index >= 15 is 0 Å². The third-order valence-electron chi connectivity index (χ3n) is 8.58. The molecule has 0 fully saturated rings. The number of hydrogen-bond acceptors (Lipinski definition) is 5. The van der Waals surface area contributed by atoms with Crippen molar-refractivity contribution in [3.8, 4) is 5.75 Å². The van der Waals surface area contributed by atoms with Crippen molar-refractivity contribution in [2.24, 2.45) is 4.99 Å². The molecule has 3 aromatic rings. The van der Waals surface area contributed by atoms with Gasteiger partial charge in [-0.2, -0.15) is 0 Å². The summed E-state index contributed by atoms with van der Waals surface area (Å²) in [5.74, 6) is -0.229. The highest BCUT2D eigenvalue weighted by Gasteiger charge is 2.40. The Labute approximate surface area is 236 Å². The van der Waals surface area contributed by atoms with Gasteiger partial charge in [-0.15, -0.1) is 0 Å². The Kier molecular flexibility index (Phi) is 7.92. The van der Waals surface area contributed by atoms with Crippen molar-refractivity contribution >= 4 is 12.1 Å². The zero-order valence-electron chi connectivity index (χ0n) is 23.3. The lowest BCUT2D eigenvalue weighted by Gasteiger charge is -2.36. The van der Waals surface area contributed by atoms with E-state index in [9.17, 15) is 20.1 Å². The molecule has 3 unspecified atom stereocenters. The number of carbonyl (C=O) groups excluding carboxylic acids is 1. The summed E-state index contributed by atoms with van der Waals surface area (Å²) in [6.07, 6.45) is 7.92. The summed E-state index contributed by atoms with van der Waals surface area (Å²) in [6.45, 7) is 5.01. The summed E-state index contributed by atoms with van der Waals surface area (Å²) >= 11 is 0. The molecule has 3 N–H and O–H groups in total. The van der Waals surface area contributed by atoms with Gasteiger partial charge in [-0.3, -0.25) is 9.79 Å². The minimum absolute atomic E-state index is 0.00717. The van der Waals surface area contributed by atoms with Gasteiger partial charge in [0.05, 0.1) is 23.7 Å². The fraction of sp³-hybridized carbons (Fsp3) is 0.353. The van der Waals surface area contributed by atoms with Crippen LogP contribution in [0.1, 0.15) is 66.0 Å². The topological polar surface area (TPSA) is 93.4 Å². The molecular weight excluding hydrogens is 500 g/mol. The predicted octanol–water partition coefficient (Wildman–Crippen LogP) is 5.18. The van der Waals surface area contributed by atoms with E-state index in [4.69, 9.17) is 0 Å². The molecule has 2 aliphatic rings. The van der Waals surface area contributed by atoms with Crippen LogP contribution < -0.4 is 0 Å². The van der Waals surface area contributed by atoms with Crippen molar-refractivity contribution in [1.29, 1.82) is 0 Å². The van der Waals surface area contributed by atoms with Crippen LogP contribution in [0.2, 0.25) is 0 Å². The quantitative estimate of drug-likeness (QED) is 0.350. The van der Waals surface area contributed by atoms with Gasteiger partial charge >= 0.3 is 0 Å². The van der Waals surface area contributed by atoms with Crippen LogP contribution in [0.4, 0.5) is 0 Å². The Morgan fingerprint density at radius 3 is 2.62 bits per heavy atom. The van der Waals surface area contributed by atoms with Gasteiger partial charge in [-0.1, -0.05) is 67.6 Å². The normalized spacial score (nSPS) is 20.2. The largest absolute Gasteiger partial charge is 0.508 e. The number of aromatic hydroxyl groups is 1. The first-order valence-corrected chi connectivity index (χ1v) is 14.1. The zero-order chi connectivity index (χ0) is 28.3. The van der Waals surface area contributed by atoms with Gasteiger partial charge in [0.25, 0.3) is 0 Å². The van der Waals surface area contributed by atoms with Gasteiger partial charge in [-0.05, 0) is 65.8 Å². The monoisotopic (exact) mass is 538 g/mol. The van der Waals surface area contributed by atoms with E-state index in [-0.39, 0.29) is 24.2 Å². The average Bonchev–Trinajstić information content (AvgIpc) is 3.44. The lowest BCUT2D eigenvalue weighted by molar-refractivity contribution is -0.133. The first-order valence-electron chi connectivity index (χ1n) is 14.1. The molecule has 0 spiro atoms. The molecule has 3 atom stereocenters. The Balaban J connectivity index is 1.42. The number of allylic oxidation sites excluding steroid dienone is 1. The molecule has 2 aliphatic heterocycles. The molecule has 0 aromatic heterocycles. The van der Waals surface area contributed by atoms with Crippen LogP contribution in [-0.4, -0.2) is 44.4 Å². The molecule has 0 saturated carbocycles. The first kappa shape index (κ1) is 27.8. The molecule has 5 rings (SSSR count). The lowest BCUT2D eigenvalue weighted by Crippen LogP contribution is -2.39. The van der Waals surface area contributed by atoms with Crippen LogP contribution in [0.15, 0.2) is 83.9 Å². The number of hydrogen-bond donors (Lipinski definition) is 3. The number of nitrogens with zero attached hydrogens (tertiary/aromatic N) is 2. The maximum atomic E-state index is 13.5. The molecule has 0 saturated heterocycles. The number of rotatable bonds is 9. The van der Waals surface area contributed by atoms with Crippen LogP contribution >= 0.6 is 0 Å². The molecule has 0 aliphatic carbocycles. The molecule has 40 heavy (non-hydrogen) atoms. The molecule has 2 heterocycles. The van der Waals surface area contributed by atoms with Gasteiger partial charge in [0.2, 0.25) is 5.91 Å². The number of phenols is 1. The van der Waals surface area contributed by atoms with Gasteiger partial charge in [0, 0.05) is 37.7 Å². The SMILES string of the molecule is CCC1(CC(O)(Cc2cccc(C(C)C(=O)N3CCc4ccccc4C3)c2)c2ccc(O)c(CO)c2)C=CC=N1. The van der Waals surface area contributed by atoms with Crippen LogP contribution in [0.25, 0.3) is 0 Å². The number of amides is 1. The number of carbonyl (C=O) groups is 1. The lowest BCUT2D eigenvalue weighted by atomic mass is 9.75. The Morgan fingerprint density at radius 2 is 1.90 bits per heavy atom. The summed E-state index contributed by atoms with van der Waals surface area (Å²) in [7, 11) is 0. The first-order chi connectivity index (χ1) is 19.3. The van der Waals surface area contributed by atoms with Gasteiger partial charge in [0.15, 0.2) is 0 Å². The molecule has 208 valence electrons. The fourth-order valence-electron chi connectivity index (χ4n) is 6.08. The van der Waals surface area contributed by atoms with Crippen LogP contribution in [-0.2, 0) is 36.4 Å². The van der Waals surface area contributed by atoms with E-state index in [0.29, 0.717) is 37.1 Å². The smallest absolute Gasteiger partial charge is 0.230 e. The molecule has 6 nitrogen and oxygen atoms in total. The Bertz CT molecular complexity index is 1430. The van der Waals surface area contributed by atoms with Crippen LogP contribution in [0, 0.1) is 0 Å². The highest BCUT2D eigenvalue weighted by molar-refractivity contribution is 5.83. The van der Waals surface area contributed by atoms with E-state index in [1.54, 1.807) is 18.3 Å². The minimum Gasteiger partial charge on any atom is -0.508 e. The number of fused-ring (bicyclic) bond motifs is 1. The molecule has 3 aromatic carbocycles. The van der Waals surface area contributed by atoms with Crippen molar-refractivity contribution < 1.29 is 20.1 Å². The fourth-order valence-corrected chi connectivity index (χ4v) is 6.08. The third-order valence-corrected chi connectivity index (χ3v) is 8.58. The summed E-state index contributed by atoms with van der Waals surface area (Å²) < 4.78 is 0. The number of aliphatic hydroxyl groups excluding tert-OH is 1. The predicted molar refractivity (Wildman–Crippen MR) is 157 cm³/mol. The third kappa shape index (κ3) is 5.60. The van der Waals surface area contributed by atoms with Gasteiger partial charge in [-0.25, -0.2) is 0 Å². The summed E-state index contributed by atoms with van der Waals surface area (Å²) in [5, 5.41) is 32.2. The van der Waals surface area contributed by atoms with Gasteiger partial charge in [0.1, 0.15) is 5.75 Å². The second-order valence-corrected chi connectivity index (χ2v) is 11.2. The highest BCUT2D eigenvalue weighted by Crippen LogP contribution is 2.40. The number of benzene rings is 3.